The quantitative estimate of drug-likeness (QED) is 0.340. The first-order valence-electron chi connectivity index (χ1n) is 11.3. The maximum atomic E-state index is 12.7. The Labute approximate surface area is 176 Å². The molecule has 4 heteroatoms. The van der Waals surface area contributed by atoms with Gasteiger partial charge in [-0.3, -0.25) is 9.59 Å². The SMILES string of the molecule is CC(C)CCCCCCOC(=O)C1CC(C)CCC1C(=O)OCc1ccccc1. The molecule has 0 N–H and O–H groups in total. The summed E-state index contributed by atoms with van der Waals surface area (Å²) in [6, 6.07) is 9.65. The molecule has 0 saturated heterocycles. The molecule has 1 saturated carbocycles. The molecule has 1 fully saturated rings. The van der Waals surface area contributed by atoms with Crippen LogP contribution in [0, 0.1) is 23.7 Å². The van der Waals surface area contributed by atoms with Crippen molar-refractivity contribution in [2.45, 2.75) is 78.7 Å². The van der Waals surface area contributed by atoms with Gasteiger partial charge in [-0.25, -0.2) is 0 Å². The van der Waals surface area contributed by atoms with Gasteiger partial charge >= 0.3 is 11.9 Å². The summed E-state index contributed by atoms with van der Waals surface area (Å²) in [4.78, 5) is 25.3. The number of benzene rings is 1. The van der Waals surface area contributed by atoms with Crippen molar-refractivity contribution in [3.05, 3.63) is 35.9 Å². The Morgan fingerprint density at radius 1 is 0.931 bits per heavy atom. The summed E-state index contributed by atoms with van der Waals surface area (Å²) in [5, 5.41) is 0. The molecule has 1 aliphatic rings. The minimum Gasteiger partial charge on any atom is -0.465 e. The van der Waals surface area contributed by atoms with E-state index < -0.39 is 0 Å². The van der Waals surface area contributed by atoms with Crippen LogP contribution in [-0.4, -0.2) is 18.5 Å². The Morgan fingerprint density at radius 2 is 1.62 bits per heavy atom. The van der Waals surface area contributed by atoms with E-state index in [1.165, 1.54) is 19.3 Å². The molecule has 0 aromatic heterocycles. The number of esters is 2. The molecule has 0 aliphatic heterocycles. The molecule has 0 radical (unpaired) electrons. The normalized spacial score (nSPS) is 21.7. The lowest BCUT2D eigenvalue weighted by molar-refractivity contribution is -0.164. The first-order chi connectivity index (χ1) is 14.0. The molecule has 0 bridgehead atoms. The number of rotatable bonds is 11. The Kier molecular flexibility index (Phi) is 10.2. The van der Waals surface area contributed by atoms with Crippen LogP contribution < -0.4 is 0 Å². The highest BCUT2D eigenvalue weighted by Crippen LogP contribution is 2.35. The summed E-state index contributed by atoms with van der Waals surface area (Å²) in [6.45, 7) is 7.34. The predicted molar refractivity (Wildman–Crippen MR) is 115 cm³/mol. The zero-order chi connectivity index (χ0) is 21.1. The van der Waals surface area contributed by atoms with E-state index in [-0.39, 0.29) is 30.4 Å². The minimum absolute atomic E-state index is 0.222. The van der Waals surface area contributed by atoms with E-state index >= 15 is 0 Å². The van der Waals surface area contributed by atoms with Gasteiger partial charge in [0.25, 0.3) is 0 Å². The average molecular weight is 403 g/mol. The van der Waals surface area contributed by atoms with Gasteiger partial charge in [-0.05, 0) is 43.1 Å². The van der Waals surface area contributed by atoms with Crippen LogP contribution in [0.4, 0.5) is 0 Å². The molecule has 1 aliphatic carbocycles. The summed E-state index contributed by atoms with van der Waals surface area (Å²) >= 11 is 0. The number of unbranched alkanes of at least 4 members (excludes halogenated alkanes) is 3. The monoisotopic (exact) mass is 402 g/mol. The molecule has 0 heterocycles. The predicted octanol–water partition coefficient (Wildman–Crippen LogP) is 5.93. The zero-order valence-electron chi connectivity index (χ0n) is 18.4. The second-order valence-electron chi connectivity index (χ2n) is 8.99. The van der Waals surface area contributed by atoms with Crippen LogP contribution in [0.25, 0.3) is 0 Å². The summed E-state index contributed by atoms with van der Waals surface area (Å²) in [5.74, 6) is -0.0605. The first-order valence-corrected chi connectivity index (χ1v) is 11.3. The van der Waals surface area contributed by atoms with E-state index in [4.69, 9.17) is 9.47 Å². The third-order valence-electron chi connectivity index (χ3n) is 5.86. The molecule has 2 rings (SSSR count). The molecular weight excluding hydrogens is 364 g/mol. The lowest BCUT2D eigenvalue weighted by atomic mass is 9.74. The van der Waals surface area contributed by atoms with E-state index in [0.717, 1.165) is 30.7 Å². The number of ether oxygens (including phenoxy) is 2. The van der Waals surface area contributed by atoms with Gasteiger partial charge in [0.1, 0.15) is 6.61 Å². The maximum absolute atomic E-state index is 12.7. The molecule has 3 atom stereocenters. The second kappa shape index (κ2) is 12.7. The average Bonchev–Trinajstić information content (AvgIpc) is 2.71. The van der Waals surface area contributed by atoms with Crippen molar-refractivity contribution in [1.82, 2.24) is 0 Å². The minimum atomic E-state index is -0.381. The van der Waals surface area contributed by atoms with Crippen LogP contribution >= 0.6 is 0 Å². The number of carbonyl (C=O) groups is 2. The van der Waals surface area contributed by atoms with Crippen molar-refractivity contribution < 1.29 is 19.1 Å². The number of carbonyl (C=O) groups excluding carboxylic acids is 2. The van der Waals surface area contributed by atoms with Crippen molar-refractivity contribution in [1.29, 1.82) is 0 Å². The van der Waals surface area contributed by atoms with Gasteiger partial charge in [-0.2, -0.15) is 0 Å². The first kappa shape index (κ1) is 23.4. The van der Waals surface area contributed by atoms with Crippen molar-refractivity contribution in [2.24, 2.45) is 23.7 Å². The highest BCUT2D eigenvalue weighted by atomic mass is 16.5. The van der Waals surface area contributed by atoms with Crippen molar-refractivity contribution >= 4 is 11.9 Å². The summed E-state index contributed by atoms with van der Waals surface area (Å²) in [7, 11) is 0. The maximum Gasteiger partial charge on any atom is 0.310 e. The summed E-state index contributed by atoms with van der Waals surface area (Å²) < 4.78 is 11.1. The highest BCUT2D eigenvalue weighted by molar-refractivity contribution is 5.82. The topological polar surface area (TPSA) is 52.6 Å². The second-order valence-corrected chi connectivity index (χ2v) is 8.99. The molecule has 1 aromatic carbocycles. The lowest BCUT2D eigenvalue weighted by Gasteiger charge is -2.31. The highest BCUT2D eigenvalue weighted by Gasteiger charge is 2.40. The Bertz CT molecular complexity index is 611. The van der Waals surface area contributed by atoms with Crippen LogP contribution in [0.5, 0.6) is 0 Å². The Balaban J connectivity index is 1.77. The van der Waals surface area contributed by atoms with Gasteiger partial charge in [-0.1, -0.05) is 76.8 Å². The summed E-state index contributed by atoms with van der Waals surface area (Å²) in [5.41, 5.74) is 0.960. The fourth-order valence-electron chi connectivity index (χ4n) is 4.05. The van der Waals surface area contributed by atoms with Crippen LogP contribution in [0.3, 0.4) is 0 Å². The molecule has 4 nitrogen and oxygen atoms in total. The van der Waals surface area contributed by atoms with Gasteiger partial charge in [0.2, 0.25) is 0 Å². The molecule has 3 unspecified atom stereocenters. The van der Waals surface area contributed by atoms with Gasteiger partial charge in [-0.15, -0.1) is 0 Å². The van der Waals surface area contributed by atoms with Crippen LogP contribution in [0.1, 0.15) is 77.7 Å². The number of hydrogen-bond acceptors (Lipinski definition) is 4. The molecule has 0 spiro atoms. The molecular formula is C25H38O4. The number of hydrogen-bond donors (Lipinski definition) is 0. The lowest BCUT2D eigenvalue weighted by Crippen LogP contribution is -2.37. The van der Waals surface area contributed by atoms with E-state index in [2.05, 4.69) is 20.8 Å². The van der Waals surface area contributed by atoms with E-state index in [1.807, 2.05) is 30.3 Å². The van der Waals surface area contributed by atoms with E-state index in [0.29, 0.717) is 25.4 Å². The zero-order valence-corrected chi connectivity index (χ0v) is 18.4. The van der Waals surface area contributed by atoms with Gasteiger partial charge < -0.3 is 9.47 Å². The smallest absolute Gasteiger partial charge is 0.310 e. The fourth-order valence-corrected chi connectivity index (χ4v) is 4.05. The van der Waals surface area contributed by atoms with Gasteiger partial charge in [0.15, 0.2) is 0 Å². The van der Waals surface area contributed by atoms with Crippen LogP contribution in [-0.2, 0) is 25.7 Å². The van der Waals surface area contributed by atoms with E-state index in [9.17, 15) is 9.59 Å². The molecule has 29 heavy (non-hydrogen) atoms. The summed E-state index contributed by atoms with van der Waals surface area (Å²) in [6.07, 6.45) is 8.02. The van der Waals surface area contributed by atoms with Gasteiger partial charge in [0.05, 0.1) is 18.4 Å². The Hall–Kier alpha value is -1.84. The van der Waals surface area contributed by atoms with Crippen LogP contribution in [0.2, 0.25) is 0 Å². The van der Waals surface area contributed by atoms with Crippen molar-refractivity contribution in [3.8, 4) is 0 Å². The molecule has 1 aromatic rings. The Morgan fingerprint density at radius 3 is 2.34 bits per heavy atom. The van der Waals surface area contributed by atoms with Crippen molar-refractivity contribution in [2.75, 3.05) is 6.61 Å². The largest absolute Gasteiger partial charge is 0.465 e. The van der Waals surface area contributed by atoms with Crippen LogP contribution in [0.15, 0.2) is 30.3 Å². The van der Waals surface area contributed by atoms with E-state index in [1.54, 1.807) is 0 Å². The third-order valence-corrected chi connectivity index (χ3v) is 5.86. The van der Waals surface area contributed by atoms with Gasteiger partial charge in [0, 0.05) is 0 Å². The molecule has 162 valence electrons. The molecule has 0 amide bonds. The standard InChI is InChI=1S/C25H38O4/c1-19(2)11-7-4-5-10-16-28-25(27)23-17-20(3)14-15-22(23)24(26)29-18-21-12-8-6-9-13-21/h6,8-9,12-13,19-20,22-23H,4-5,7,10-11,14-18H2,1-3H3. The van der Waals surface area contributed by atoms with Crippen molar-refractivity contribution in [3.63, 3.8) is 0 Å². The fraction of sp³-hybridized carbons (Fsp3) is 0.680. The third kappa shape index (κ3) is 8.59.